The summed E-state index contributed by atoms with van der Waals surface area (Å²) in [6.45, 7) is 4.59. The largest absolute Gasteiger partial charge is 0.492 e. The van der Waals surface area contributed by atoms with Crippen molar-refractivity contribution >= 4 is 5.78 Å². The van der Waals surface area contributed by atoms with E-state index in [1.165, 1.54) is 0 Å². The van der Waals surface area contributed by atoms with Gasteiger partial charge in [0.25, 0.3) is 0 Å². The second-order valence-electron chi connectivity index (χ2n) is 4.40. The van der Waals surface area contributed by atoms with Gasteiger partial charge in [-0.25, -0.2) is 0 Å². The highest BCUT2D eigenvalue weighted by Crippen LogP contribution is 2.17. The van der Waals surface area contributed by atoms with Gasteiger partial charge in [-0.05, 0) is 25.0 Å². The minimum atomic E-state index is -0.0208. The van der Waals surface area contributed by atoms with Crippen molar-refractivity contribution in [2.24, 2.45) is 0 Å². The average Bonchev–Trinajstić information content (AvgIpc) is 2.45. The molecule has 0 aliphatic heterocycles. The molecule has 98 valence electrons. The van der Waals surface area contributed by atoms with E-state index in [9.17, 15) is 4.79 Å². The fourth-order valence-electron chi connectivity index (χ4n) is 1.83. The summed E-state index contributed by atoms with van der Waals surface area (Å²) < 4.78 is 5.50. The van der Waals surface area contributed by atoms with Crippen LogP contribution in [0.15, 0.2) is 42.7 Å². The van der Waals surface area contributed by atoms with Crippen LogP contribution in [-0.2, 0) is 0 Å². The summed E-state index contributed by atoms with van der Waals surface area (Å²) in [6.07, 6.45) is 4.13. The van der Waals surface area contributed by atoms with E-state index in [0.717, 1.165) is 12.0 Å². The van der Waals surface area contributed by atoms with Crippen molar-refractivity contribution in [1.82, 2.24) is 4.98 Å². The van der Waals surface area contributed by atoms with Crippen molar-refractivity contribution in [3.8, 4) is 5.75 Å². The van der Waals surface area contributed by atoms with Crippen molar-refractivity contribution in [3.05, 3.63) is 59.4 Å². The molecule has 0 fully saturated rings. The van der Waals surface area contributed by atoms with E-state index >= 15 is 0 Å². The molecule has 0 saturated heterocycles. The van der Waals surface area contributed by atoms with Crippen LogP contribution >= 0.6 is 0 Å². The number of carbonyl (C=O) groups is 1. The molecule has 0 bridgehead atoms. The molecule has 0 spiro atoms. The van der Waals surface area contributed by atoms with Gasteiger partial charge in [0, 0.05) is 17.3 Å². The Balaban J connectivity index is 2.27. The SMILES string of the molecule is CCCOc1cncc(C(=O)c2ccccc2C)c1. The van der Waals surface area contributed by atoms with E-state index in [2.05, 4.69) is 4.98 Å². The number of ketones is 1. The van der Waals surface area contributed by atoms with Gasteiger partial charge < -0.3 is 4.74 Å². The van der Waals surface area contributed by atoms with Gasteiger partial charge >= 0.3 is 0 Å². The second kappa shape index (κ2) is 6.14. The van der Waals surface area contributed by atoms with Crippen LogP contribution in [0.3, 0.4) is 0 Å². The Morgan fingerprint density at radius 3 is 2.79 bits per heavy atom. The van der Waals surface area contributed by atoms with Crippen LogP contribution in [0.4, 0.5) is 0 Å². The van der Waals surface area contributed by atoms with Gasteiger partial charge in [-0.1, -0.05) is 31.2 Å². The van der Waals surface area contributed by atoms with Crippen LogP contribution in [0.25, 0.3) is 0 Å². The van der Waals surface area contributed by atoms with Crippen LogP contribution in [0, 0.1) is 6.92 Å². The van der Waals surface area contributed by atoms with E-state index in [0.29, 0.717) is 23.5 Å². The Morgan fingerprint density at radius 2 is 2.05 bits per heavy atom. The molecule has 3 heteroatoms. The minimum absolute atomic E-state index is 0.0208. The quantitative estimate of drug-likeness (QED) is 0.768. The molecule has 0 saturated carbocycles. The fourth-order valence-corrected chi connectivity index (χ4v) is 1.83. The summed E-state index contributed by atoms with van der Waals surface area (Å²) in [4.78, 5) is 16.5. The Morgan fingerprint density at radius 1 is 1.26 bits per heavy atom. The molecular weight excluding hydrogens is 238 g/mol. The van der Waals surface area contributed by atoms with Crippen LogP contribution in [-0.4, -0.2) is 17.4 Å². The molecule has 1 heterocycles. The van der Waals surface area contributed by atoms with Crippen molar-refractivity contribution in [2.45, 2.75) is 20.3 Å². The zero-order valence-corrected chi connectivity index (χ0v) is 11.2. The molecule has 1 aromatic heterocycles. The maximum atomic E-state index is 12.4. The van der Waals surface area contributed by atoms with Crippen molar-refractivity contribution in [1.29, 1.82) is 0 Å². The van der Waals surface area contributed by atoms with E-state index in [-0.39, 0.29) is 5.78 Å². The number of pyridine rings is 1. The number of nitrogens with zero attached hydrogens (tertiary/aromatic N) is 1. The number of rotatable bonds is 5. The Hall–Kier alpha value is -2.16. The molecule has 0 N–H and O–H groups in total. The number of aryl methyl sites for hydroxylation is 1. The first kappa shape index (κ1) is 13.3. The first-order chi connectivity index (χ1) is 9.22. The predicted molar refractivity (Wildman–Crippen MR) is 74.6 cm³/mol. The molecule has 19 heavy (non-hydrogen) atoms. The molecule has 2 rings (SSSR count). The van der Waals surface area contributed by atoms with E-state index < -0.39 is 0 Å². The minimum Gasteiger partial charge on any atom is -0.492 e. The molecule has 0 unspecified atom stereocenters. The lowest BCUT2D eigenvalue weighted by atomic mass is 10.0. The third kappa shape index (κ3) is 3.19. The maximum Gasteiger partial charge on any atom is 0.194 e. The highest BCUT2D eigenvalue weighted by Gasteiger charge is 2.12. The third-order valence-electron chi connectivity index (χ3n) is 2.84. The van der Waals surface area contributed by atoms with Crippen LogP contribution in [0.2, 0.25) is 0 Å². The number of aromatic nitrogens is 1. The smallest absolute Gasteiger partial charge is 0.194 e. The van der Waals surface area contributed by atoms with Crippen LogP contribution < -0.4 is 4.74 Å². The number of hydrogen-bond acceptors (Lipinski definition) is 3. The summed E-state index contributed by atoms with van der Waals surface area (Å²) in [7, 11) is 0. The summed E-state index contributed by atoms with van der Waals surface area (Å²) >= 11 is 0. The fraction of sp³-hybridized carbons (Fsp3) is 0.250. The van der Waals surface area contributed by atoms with E-state index in [4.69, 9.17) is 4.74 Å². The summed E-state index contributed by atoms with van der Waals surface area (Å²) in [5, 5.41) is 0. The first-order valence-electron chi connectivity index (χ1n) is 6.40. The number of hydrogen-bond donors (Lipinski definition) is 0. The van der Waals surface area contributed by atoms with Crippen LogP contribution in [0.1, 0.15) is 34.8 Å². The van der Waals surface area contributed by atoms with E-state index in [1.54, 1.807) is 18.5 Å². The van der Waals surface area contributed by atoms with E-state index in [1.807, 2.05) is 38.1 Å². The van der Waals surface area contributed by atoms with Gasteiger partial charge in [-0.15, -0.1) is 0 Å². The molecule has 0 radical (unpaired) electrons. The van der Waals surface area contributed by atoms with Gasteiger partial charge in [0.2, 0.25) is 0 Å². The Labute approximate surface area is 113 Å². The summed E-state index contributed by atoms with van der Waals surface area (Å²) in [6, 6.07) is 9.29. The Kier molecular flexibility index (Phi) is 4.29. The van der Waals surface area contributed by atoms with Gasteiger partial charge in [0.1, 0.15) is 5.75 Å². The summed E-state index contributed by atoms with van der Waals surface area (Å²) in [5.74, 6) is 0.619. The van der Waals surface area contributed by atoms with Gasteiger partial charge in [0.05, 0.1) is 12.8 Å². The maximum absolute atomic E-state index is 12.4. The normalized spacial score (nSPS) is 10.2. The molecule has 0 atom stereocenters. The van der Waals surface area contributed by atoms with Gasteiger partial charge in [-0.3, -0.25) is 9.78 Å². The molecule has 1 aromatic carbocycles. The second-order valence-corrected chi connectivity index (χ2v) is 4.40. The molecular formula is C16H17NO2. The molecule has 2 aromatic rings. The number of carbonyl (C=O) groups excluding carboxylic acids is 1. The molecule has 0 aliphatic carbocycles. The van der Waals surface area contributed by atoms with Gasteiger partial charge in [-0.2, -0.15) is 0 Å². The summed E-state index contributed by atoms with van der Waals surface area (Å²) in [5.41, 5.74) is 2.23. The molecule has 3 nitrogen and oxygen atoms in total. The zero-order valence-electron chi connectivity index (χ0n) is 11.2. The zero-order chi connectivity index (χ0) is 13.7. The molecule has 0 aliphatic rings. The monoisotopic (exact) mass is 255 g/mol. The highest BCUT2D eigenvalue weighted by molar-refractivity contribution is 6.09. The lowest BCUT2D eigenvalue weighted by Gasteiger charge is -2.07. The topological polar surface area (TPSA) is 39.2 Å². The number of ether oxygens (including phenoxy) is 1. The lowest BCUT2D eigenvalue weighted by Crippen LogP contribution is -2.05. The first-order valence-corrected chi connectivity index (χ1v) is 6.40. The standard InChI is InChI=1S/C16H17NO2/c1-3-8-19-14-9-13(10-17-11-14)16(18)15-7-5-4-6-12(15)2/h4-7,9-11H,3,8H2,1-2H3. The molecule has 0 amide bonds. The van der Waals surface area contributed by atoms with Crippen molar-refractivity contribution < 1.29 is 9.53 Å². The predicted octanol–water partition coefficient (Wildman–Crippen LogP) is 3.41. The van der Waals surface area contributed by atoms with Gasteiger partial charge in [0.15, 0.2) is 5.78 Å². The average molecular weight is 255 g/mol. The third-order valence-corrected chi connectivity index (χ3v) is 2.84. The van der Waals surface area contributed by atoms with Crippen molar-refractivity contribution in [3.63, 3.8) is 0 Å². The highest BCUT2D eigenvalue weighted by atomic mass is 16.5. The number of benzene rings is 1. The van der Waals surface area contributed by atoms with Crippen molar-refractivity contribution in [2.75, 3.05) is 6.61 Å². The lowest BCUT2D eigenvalue weighted by molar-refractivity contribution is 0.103. The van der Waals surface area contributed by atoms with Crippen LogP contribution in [0.5, 0.6) is 5.75 Å². The Bertz CT molecular complexity index is 578.